The maximum Gasteiger partial charge on any atom is 0.161 e. The number of hydrogen-bond donors (Lipinski definition) is 3. The second kappa shape index (κ2) is 12.8. The minimum Gasteiger partial charge on any atom is -0.366 e. The number of fused-ring (bicyclic) bond motifs is 3. The first-order valence-electron chi connectivity index (χ1n) is 16.3. The Morgan fingerprint density at radius 3 is 0.917 bits per heavy atom. The van der Waals surface area contributed by atoms with E-state index in [1.54, 1.807) is 0 Å². The molecular formula is C39H39N9. The van der Waals surface area contributed by atoms with Gasteiger partial charge in [-0.25, -0.2) is 29.9 Å². The number of aryl methyl sites for hydroxylation is 3. The maximum absolute atomic E-state index is 4.81. The standard InChI is InChI=1S/C39H39N9/c1-22-7-10-28-13-16-34(46-37(28)43-22)40-19-31-25(4)32(20-41-35-17-14-29-11-8-23(2)44-38(29)47-35)27(6)33(26(31)5)21-42-36-18-15-30-12-9-24(3)45-39(30)48-36/h7-18H,19-21H2,1-6H3,(H,40,43,46)(H,41,44,47)(H,42,45,48). The van der Waals surface area contributed by atoms with Crippen LogP contribution in [0.4, 0.5) is 17.5 Å². The molecule has 0 radical (unpaired) electrons. The molecule has 0 aliphatic carbocycles. The summed E-state index contributed by atoms with van der Waals surface area (Å²) in [5, 5.41) is 13.9. The summed E-state index contributed by atoms with van der Waals surface area (Å²) in [5.74, 6) is 2.39. The van der Waals surface area contributed by atoms with Gasteiger partial charge in [-0.3, -0.25) is 0 Å². The fraction of sp³-hybridized carbons (Fsp3) is 0.231. The highest BCUT2D eigenvalue weighted by Gasteiger charge is 2.18. The van der Waals surface area contributed by atoms with Gasteiger partial charge in [-0.05, 0) is 148 Å². The van der Waals surface area contributed by atoms with Crippen molar-refractivity contribution in [3.8, 4) is 0 Å². The van der Waals surface area contributed by atoms with E-state index in [1.165, 1.54) is 33.4 Å². The lowest BCUT2D eigenvalue weighted by molar-refractivity contribution is 0.962. The molecule has 3 N–H and O–H groups in total. The average molecular weight is 634 g/mol. The summed E-state index contributed by atoms with van der Waals surface area (Å²) in [6.45, 7) is 14.5. The molecule has 0 unspecified atom stereocenters. The molecule has 1 aromatic carbocycles. The minimum absolute atomic E-state index is 0.622. The highest BCUT2D eigenvalue weighted by atomic mass is 15.0. The topological polar surface area (TPSA) is 113 Å². The number of rotatable bonds is 9. The number of pyridine rings is 6. The summed E-state index contributed by atoms with van der Waals surface area (Å²) in [4.78, 5) is 28.3. The van der Waals surface area contributed by atoms with Crippen LogP contribution in [0.25, 0.3) is 33.1 Å². The second-order valence-corrected chi connectivity index (χ2v) is 12.5. The summed E-state index contributed by atoms with van der Waals surface area (Å²) in [6, 6.07) is 24.5. The Morgan fingerprint density at radius 2 is 0.625 bits per heavy atom. The van der Waals surface area contributed by atoms with E-state index in [0.29, 0.717) is 19.6 Å². The fourth-order valence-corrected chi connectivity index (χ4v) is 6.30. The Morgan fingerprint density at radius 1 is 0.354 bits per heavy atom. The predicted molar refractivity (Wildman–Crippen MR) is 195 cm³/mol. The molecule has 7 aromatic rings. The van der Waals surface area contributed by atoms with Crippen LogP contribution in [0, 0.1) is 41.5 Å². The zero-order valence-electron chi connectivity index (χ0n) is 28.2. The van der Waals surface area contributed by atoms with Gasteiger partial charge in [0, 0.05) is 52.9 Å². The van der Waals surface area contributed by atoms with Gasteiger partial charge in [0.15, 0.2) is 16.9 Å². The summed E-state index contributed by atoms with van der Waals surface area (Å²) < 4.78 is 0. The van der Waals surface area contributed by atoms with Crippen LogP contribution < -0.4 is 16.0 Å². The van der Waals surface area contributed by atoms with Crippen molar-refractivity contribution in [2.45, 2.75) is 61.2 Å². The Labute approximate surface area is 280 Å². The minimum atomic E-state index is 0.622. The summed E-state index contributed by atoms with van der Waals surface area (Å²) in [7, 11) is 0. The lowest BCUT2D eigenvalue weighted by Gasteiger charge is -2.24. The maximum atomic E-state index is 4.81. The van der Waals surface area contributed by atoms with Crippen LogP contribution in [0.2, 0.25) is 0 Å². The highest BCUT2D eigenvalue weighted by Crippen LogP contribution is 2.30. The predicted octanol–water partition coefficient (Wildman–Crippen LogP) is 8.20. The van der Waals surface area contributed by atoms with E-state index >= 15 is 0 Å². The lowest BCUT2D eigenvalue weighted by Crippen LogP contribution is -2.16. The van der Waals surface area contributed by atoms with Gasteiger partial charge in [0.25, 0.3) is 0 Å². The number of benzene rings is 1. The number of nitrogens with zero attached hydrogens (tertiary/aromatic N) is 6. The molecule has 0 saturated heterocycles. The molecule has 0 fully saturated rings. The van der Waals surface area contributed by atoms with Crippen molar-refractivity contribution in [2.75, 3.05) is 16.0 Å². The van der Waals surface area contributed by atoms with Gasteiger partial charge in [0.05, 0.1) is 0 Å². The molecule has 0 aliphatic heterocycles. The molecular weight excluding hydrogens is 594 g/mol. The Bertz CT molecular complexity index is 2050. The van der Waals surface area contributed by atoms with E-state index in [4.69, 9.17) is 15.0 Å². The van der Waals surface area contributed by atoms with Gasteiger partial charge < -0.3 is 16.0 Å². The molecule has 0 atom stereocenters. The number of hydrogen-bond acceptors (Lipinski definition) is 9. The molecule has 0 spiro atoms. The van der Waals surface area contributed by atoms with Crippen LogP contribution in [0.1, 0.15) is 50.5 Å². The molecule has 0 amide bonds. The third-order valence-corrected chi connectivity index (χ3v) is 9.13. The van der Waals surface area contributed by atoms with Gasteiger partial charge in [-0.1, -0.05) is 0 Å². The first kappa shape index (κ1) is 30.9. The Hall–Kier alpha value is -5.70. The highest BCUT2D eigenvalue weighted by molar-refractivity contribution is 5.78. The molecule has 0 aliphatic rings. The molecule has 0 bridgehead atoms. The van der Waals surface area contributed by atoms with E-state index in [0.717, 1.165) is 67.6 Å². The van der Waals surface area contributed by atoms with Crippen LogP contribution in [-0.4, -0.2) is 29.9 Å². The average Bonchev–Trinajstić information content (AvgIpc) is 3.07. The van der Waals surface area contributed by atoms with E-state index in [1.807, 2.05) is 57.2 Å². The van der Waals surface area contributed by atoms with Crippen molar-refractivity contribution < 1.29 is 0 Å². The van der Waals surface area contributed by atoms with Crippen LogP contribution in [-0.2, 0) is 19.6 Å². The number of anilines is 3. The van der Waals surface area contributed by atoms with E-state index in [2.05, 4.69) is 88.1 Å². The SMILES string of the molecule is Cc1ccc2ccc(NCc3c(C)c(CNc4ccc5ccc(C)nc5n4)c(C)c(CNc4ccc5ccc(C)nc5n4)c3C)nc2n1. The molecule has 6 heterocycles. The smallest absolute Gasteiger partial charge is 0.161 e. The van der Waals surface area contributed by atoms with Crippen molar-refractivity contribution >= 4 is 50.6 Å². The van der Waals surface area contributed by atoms with Crippen molar-refractivity contribution in [3.05, 3.63) is 123 Å². The second-order valence-electron chi connectivity index (χ2n) is 12.5. The van der Waals surface area contributed by atoms with Gasteiger partial charge in [0.2, 0.25) is 0 Å². The summed E-state index contributed by atoms with van der Waals surface area (Å²) >= 11 is 0. The normalized spacial score (nSPS) is 11.4. The molecule has 7 rings (SSSR count). The number of aromatic nitrogens is 6. The van der Waals surface area contributed by atoms with Crippen molar-refractivity contribution in [1.29, 1.82) is 0 Å². The van der Waals surface area contributed by atoms with Crippen LogP contribution in [0.5, 0.6) is 0 Å². The van der Waals surface area contributed by atoms with E-state index in [-0.39, 0.29) is 0 Å². The molecule has 240 valence electrons. The van der Waals surface area contributed by atoms with Crippen LogP contribution in [0.3, 0.4) is 0 Å². The third-order valence-electron chi connectivity index (χ3n) is 9.13. The van der Waals surface area contributed by atoms with Crippen LogP contribution in [0.15, 0.2) is 72.8 Å². The van der Waals surface area contributed by atoms with Gasteiger partial charge in [-0.2, -0.15) is 0 Å². The van der Waals surface area contributed by atoms with E-state index in [9.17, 15) is 0 Å². The third kappa shape index (κ3) is 6.31. The first-order chi connectivity index (χ1) is 23.2. The summed E-state index contributed by atoms with van der Waals surface area (Å²) in [6.07, 6.45) is 0. The zero-order chi connectivity index (χ0) is 33.4. The van der Waals surface area contributed by atoms with Gasteiger partial charge in [-0.15, -0.1) is 0 Å². The lowest BCUT2D eigenvalue weighted by atomic mass is 9.87. The first-order valence-corrected chi connectivity index (χ1v) is 16.3. The fourth-order valence-electron chi connectivity index (χ4n) is 6.30. The monoisotopic (exact) mass is 633 g/mol. The van der Waals surface area contributed by atoms with Gasteiger partial charge >= 0.3 is 0 Å². The van der Waals surface area contributed by atoms with Crippen LogP contribution >= 0.6 is 0 Å². The van der Waals surface area contributed by atoms with Crippen molar-refractivity contribution in [1.82, 2.24) is 29.9 Å². The molecule has 48 heavy (non-hydrogen) atoms. The number of nitrogens with one attached hydrogen (secondary N) is 3. The quantitative estimate of drug-likeness (QED) is 0.145. The van der Waals surface area contributed by atoms with Crippen molar-refractivity contribution in [2.24, 2.45) is 0 Å². The largest absolute Gasteiger partial charge is 0.366 e. The molecule has 6 aromatic heterocycles. The van der Waals surface area contributed by atoms with Crippen molar-refractivity contribution in [3.63, 3.8) is 0 Å². The Kier molecular flexibility index (Phi) is 8.27. The van der Waals surface area contributed by atoms with E-state index < -0.39 is 0 Å². The Balaban J connectivity index is 1.21. The molecule has 9 heteroatoms. The zero-order valence-corrected chi connectivity index (χ0v) is 28.2. The molecule has 9 nitrogen and oxygen atoms in total. The molecule has 0 saturated carbocycles. The van der Waals surface area contributed by atoms with Gasteiger partial charge in [0.1, 0.15) is 17.5 Å². The summed E-state index contributed by atoms with van der Waals surface area (Å²) in [5.41, 5.74) is 12.5.